The number of benzene rings is 1. The van der Waals surface area contributed by atoms with E-state index >= 15 is 0 Å². The second-order valence-corrected chi connectivity index (χ2v) is 5.48. The van der Waals surface area contributed by atoms with Crippen LogP contribution in [0.4, 0.5) is 0 Å². The number of nitrogens with two attached hydrogens (primary N) is 2. The lowest BCUT2D eigenvalue weighted by Crippen LogP contribution is -2.27. The van der Waals surface area contributed by atoms with Gasteiger partial charge in [0.25, 0.3) is 0 Å². The first kappa shape index (κ1) is 14.3. The average Bonchev–Trinajstić information content (AvgIpc) is 2.25. The Balaban J connectivity index is 2.51. The number of hydrogen-bond acceptors (Lipinski definition) is 4. The van der Waals surface area contributed by atoms with Crippen LogP contribution in [0.5, 0.6) is 0 Å². The number of halogens is 1. The Labute approximate surface area is 108 Å². The molecule has 0 aliphatic rings. The zero-order valence-electron chi connectivity index (χ0n) is 9.60. The van der Waals surface area contributed by atoms with Crippen LogP contribution in [0.15, 0.2) is 36.2 Å². The van der Waals surface area contributed by atoms with Gasteiger partial charge in [0.2, 0.25) is 0 Å². The fourth-order valence-corrected chi connectivity index (χ4v) is 2.67. The van der Waals surface area contributed by atoms with E-state index in [-0.39, 0.29) is 0 Å². The first-order valence-electron chi connectivity index (χ1n) is 5.11. The number of hydrazine groups is 1. The van der Waals surface area contributed by atoms with Crippen molar-refractivity contribution in [2.24, 2.45) is 11.6 Å². The van der Waals surface area contributed by atoms with Crippen molar-refractivity contribution >= 4 is 25.5 Å². The summed E-state index contributed by atoms with van der Waals surface area (Å²) in [6.07, 6.45) is 1.39. The van der Waals surface area contributed by atoms with Crippen LogP contribution in [0.1, 0.15) is 0 Å². The molecule has 0 aliphatic heterocycles. The van der Waals surface area contributed by atoms with Gasteiger partial charge in [0.05, 0.1) is 11.8 Å². The molecular weight excluding hydrogens is 257 g/mol. The minimum atomic E-state index is -0.682. The third-order valence-electron chi connectivity index (χ3n) is 2.06. The van der Waals surface area contributed by atoms with Gasteiger partial charge in [-0.05, 0) is 17.4 Å². The van der Waals surface area contributed by atoms with Gasteiger partial charge in [0.15, 0.2) is 0 Å². The summed E-state index contributed by atoms with van der Waals surface area (Å²) < 4.78 is 0. The molecule has 17 heavy (non-hydrogen) atoms. The maximum atomic E-state index is 9.80. The van der Waals surface area contributed by atoms with Gasteiger partial charge >= 0.3 is 0 Å². The van der Waals surface area contributed by atoms with Crippen molar-refractivity contribution in [1.29, 1.82) is 0 Å². The summed E-state index contributed by atoms with van der Waals surface area (Å²) in [5.74, 6) is 5.41. The van der Waals surface area contributed by atoms with Gasteiger partial charge in [-0.2, -0.15) is 0 Å². The minimum absolute atomic E-state index is 0.365. The lowest BCUT2D eigenvalue weighted by molar-refractivity contribution is 0.230. The van der Waals surface area contributed by atoms with Crippen molar-refractivity contribution in [2.45, 2.75) is 6.10 Å². The molecular formula is C11H17ClN3OP. The smallest absolute Gasteiger partial charge is 0.0987 e. The van der Waals surface area contributed by atoms with Gasteiger partial charge in [-0.1, -0.05) is 32.3 Å². The molecule has 0 amide bonds. The van der Waals surface area contributed by atoms with E-state index in [4.69, 9.17) is 23.2 Å². The molecule has 0 aliphatic carbocycles. The van der Waals surface area contributed by atoms with Crippen LogP contribution in [-0.2, 0) is 0 Å². The highest BCUT2D eigenvalue weighted by Crippen LogP contribution is 2.16. The molecule has 0 heterocycles. The summed E-state index contributed by atoms with van der Waals surface area (Å²) in [6.45, 7) is 0. The molecule has 0 saturated heterocycles. The van der Waals surface area contributed by atoms with Crippen molar-refractivity contribution in [1.82, 2.24) is 5.01 Å². The fourth-order valence-electron chi connectivity index (χ4n) is 1.25. The van der Waals surface area contributed by atoms with Crippen LogP contribution in [0.3, 0.4) is 0 Å². The molecule has 1 aromatic carbocycles. The van der Waals surface area contributed by atoms with Crippen molar-refractivity contribution < 1.29 is 5.11 Å². The molecule has 0 bridgehead atoms. The van der Waals surface area contributed by atoms with Crippen LogP contribution in [0.2, 0.25) is 5.02 Å². The molecule has 2 unspecified atom stereocenters. The molecule has 2 atom stereocenters. The topological polar surface area (TPSA) is 75.5 Å². The van der Waals surface area contributed by atoms with E-state index in [0.717, 1.165) is 5.30 Å². The molecule has 0 aromatic heterocycles. The summed E-state index contributed by atoms with van der Waals surface area (Å²) in [7, 11) is 2.11. The van der Waals surface area contributed by atoms with Gasteiger partial charge in [-0.15, -0.1) is 0 Å². The number of nitrogens with zero attached hydrogens (tertiary/aromatic N) is 1. The Morgan fingerprint density at radius 1 is 1.65 bits per heavy atom. The van der Waals surface area contributed by atoms with E-state index in [1.807, 2.05) is 24.3 Å². The Morgan fingerprint density at radius 2 is 2.35 bits per heavy atom. The number of rotatable bonds is 5. The van der Waals surface area contributed by atoms with E-state index in [0.29, 0.717) is 25.5 Å². The summed E-state index contributed by atoms with van der Waals surface area (Å²) >= 11 is 5.87. The SMILES string of the molecule is CN(N)/C=C(\N)C(O)CPc1cccc(Cl)c1. The van der Waals surface area contributed by atoms with Crippen molar-refractivity contribution in [3.05, 3.63) is 41.2 Å². The monoisotopic (exact) mass is 273 g/mol. The van der Waals surface area contributed by atoms with Gasteiger partial charge in [0, 0.05) is 24.4 Å². The third kappa shape index (κ3) is 5.37. The Morgan fingerprint density at radius 3 is 2.94 bits per heavy atom. The van der Waals surface area contributed by atoms with E-state index in [1.54, 1.807) is 7.05 Å². The molecule has 5 N–H and O–H groups in total. The first-order valence-corrected chi connectivity index (χ1v) is 6.70. The minimum Gasteiger partial charge on any atom is -0.399 e. The van der Waals surface area contributed by atoms with Crippen molar-refractivity contribution in [2.75, 3.05) is 13.2 Å². The molecule has 0 spiro atoms. The van der Waals surface area contributed by atoms with Gasteiger partial charge in [-0.25, -0.2) is 5.84 Å². The molecule has 94 valence electrons. The standard InChI is InChI=1S/C11H17ClN3OP/c1-15(14)6-10(13)11(16)7-17-9-4-2-3-8(12)5-9/h2-6,11,16-17H,7,13-14H2,1H3/b10-6-. The van der Waals surface area contributed by atoms with E-state index < -0.39 is 6.10 Å². The summed E-state index contributed by atoms with van der Waals surface area (Å²) in [4.78, 5) is 0. The fraction of sp³-hybridized carbons (Fsp3) is 0.273. The van der Waals surface area contributed by atoms with E-state index in [1.165, 1.54) is 11.2 Å². The largest absolute Gasteiger partial charge is 0.399 e. The van der Waals surface area contributed by atoms with Crippen LogP contribution in [-0.4, -0.2) is 29.4 Å². The molecule has 1 aromatic rings. The molecule has 6 heteroatoms. The average molecular weight is 274 g/mol. The summed E-state index contributed by atoms with van der Waals surface area (Å²) in [5.41, 5.74) is 6.05. The zero-order chi connectivity index (χ0) is 12.8. The molecule has 0 fully saturated rings. The molecule has 4 nitrogen and oxygen atoms in total. The molecule has 0 saturated carbocycles. The predicted molar refractivity (Wildman–Crippen MR) is 74.5 cm³/mol. The van der Waals surface area contributed by atoms with Crippen LogP contribution < -0.4 is 16.9 Å². The Bertz CT molecular complexity index is 398. The maximum absolute atomic E-state index is 9.80. The lowest BCUT2D eigenvalue weighted by atomic mass is 10.3. The van der Waals surface area contributed by atoms with Crippen molar-refractivity contribution in [3.8, 4) is 0 Å². The van der Waals surface area contributed by atoms with Crippen LogP contribution in [0, 0.1) is 0 Å². The highest BCUT2D eigenvalue weighted by atomic mass is 35.5. The maximum Gasteiger partial charge on any atom is 0.0987 e. The second kappa shape index (κ2) is 6.82. The van der Waals surface area contributed by atoms with Gasteiger partial charge in [-0.3, -0.25) is 0 Å². The Kier molecular flexibility index (Phi) is 5.72. The molecule has 1 rings (SSSR count). The van der Waals surface area contributed by atoms with Crippen LogP contribution in [0.25, 0.3) is 0 Å². The lowest BCUT2D eigenvalue weighted by Gasteiger charge is -2.13. The number of aliphatic hydroxyl groups excluding tert-OH is 1. The predicted octanol–water partition coefficient (Wildman–Crippen LogP) is 0.610. The number of aliphatic hydroxyl groups is 1. The normalized spacial score (nSPS) is 14.2. The van der Waals surface area contributed by atoms with Gasteiger partial charge < -0.3 is 15.8 Å². The van der Waals surface area contributed by atoms with E-state index in [2.05, 4.69) is 0 Å². The second-order valence-electron chi connectivity index (χ2n) is 3.70. The van der Waals surface area contributed by atoms with Crippen molar-refractivity contribution in [3.63, 3.8) is 0 Å². The van der Waals surface area contributed by atoms with E-state index in [9.17, 15) is 5.11 Å². The highest BCUT2D eigenvalue weighted by Gasteiger charge is 2.08. The van der Waals surface area contributed by atoms with Gasteiger partial charge in [0.1, 0.15) is 0 Å². The quantitative estimate of drug-likeness (QED) is 0.417. The highest BCUT2D eigenvalue weighted by molar-refractivity contribution is 7.47. The Hall–Kier alpha value is -0.800. The number of hydrogen-bond donors (Lipinski definition) is 3. The van der Waals surface area contributed by atoms with Crippen LogP contribution >= 0.6 is 20.2 Å². The summed E-state index contributed by atoms with van der Waals surface area (Å²) in [6, 6.07) is 7.58. The first-order chi connectivity index (χ1) is 7.99. The molecule has 0 radical (unpaired) electrons. The third-order valence-corrected chi connectivity index (χ3v) is 3.61. The zero-order valence-corrected chi connectivity index (χ0v) is 11.4. The summed E-state index contributed by atoms with van der Waals surface area (Å²) in [5, 5.41) is 12.9.